The van der Waals surface area contributed by atoms with Gasteiger partial charge in [0.25, 0.3) is 5.91 Å². The number of benzene rings is 1. The summed E-state index contributed by atoms with van der Waals surface area (Å²) in [6.45, 7) is 0.655. The van der Waals surface area contributed by atoms with Gasteiger partial charge in [0.2, 0.25) is 0 Å². The molecule has 9 rings (SSSR count). The van der Waals surface area contributed by atoms with Gasteiger partial charge in [0.1, 0.15) is 17.6 Å². The summed E-state index contributed by atoms with van der Waals surface area (Å²) in [7, 11) is 0. The first-order valence-corrected chi connectivity index (χ1v) is 13.3. The zero-order chi connectivity index (χ0) is 23.0. The molecular weight excluding hydrogens is 433 g/mol. The van der Waals surface area contributed by atoms with E-state index in [2.05, 4.69) is 0 Å². The molecule has 4 bridgehead atoms. The van der Waals surface area contributed by atoms with Gasteiger partial charge in [-0.25, -0.2) is 9.18 Å². The number of halogens is 1. The van der Waals surface area contributed by atoms with Crippen molar-refractivity contribution in [3.63, 3.8) is 0 Å². The summed E-state index contributed by atoms with van der Waals surface area (Å²) in [5, 5.41) is 9.69. The number of carbonyl (C=O) groups is 2. The van der Waals surface area contributed by atoms with E-state index in [0.717, 1.165) is 49.0 Å². The van der Waals surface area contributed by atoms with Crippen LogP contribution in [0.4, 0.5) is 4.39 Å². The van der Waals surface area contributed by atoms with E-state index in [1.54, 1.807) is 6.07 Å². The molecule has 5 nitrogen and oxygen atoms in total. The van der Waals surface area contributed by atoms with Crippen molar-refractivity contribution >= 4 is 11.9 Å². The number of ether oxygens (including phenoxy) is 1. The first kappa shape index (κ1) is 20.1. The molecule has 7 saturated carbocycles. The van der Waals surface area contributed by atoms with Gasteiger partial charge in [0.05, 0.1) is 17.7 Å². The summed E-state index contributed by atoms with van der Waals surface area (Å²) < 4.78 is 21.9. The topological polar surface area (TPSA) is 66.8 Å². The smallest absolute Gasteiger partial charge is 0.326 e. The van der Waals surface area contributed by atoms with E-state index in [1.165, 1.54) is 49.5 Å². The molecule has 7 aliphatic carbocycles. The fourth-order valence-electron chi connectivity index (χ4n) is 9.43. The zero-order valence-electron chi connectivity index (χ0n) is 19.5. The second kappa shape index (κ2) is 6.17. The lowest BCUT2D eigenvalue weighted by molar-refractivity contribution is -0.143. The summed E-state index contributed by atoms with van der Waals surface area (Å²) in [5.41, 5.74) is 0.899. The first-order chi connectivity index (χ1) is 16.3. The lowest BCUT2D eigenvalue weighted by atomic mass is 9.50. The Morgan fingerprint density at radius 3 is 2.26 bits per heavy atom. The summed E-state index contributed by atoms with van der Waals surface area (Å²) in [6, 6.07) is 2.30. The van der Waals surface area contributed by atoms with Gasteiger partial charge in [0, 0.05) is 16.9 Å². The third-order valence-electron chi connectivity index (χ3n) is 10.9. The number of aliphatic carboxylic acids is 1. The number of carbonyl (C=O) groups excluding carboxylic acids is 1. The Labute approximate surface area is 199 Å². The van der Waals surface area contributed by atoms with Gasteiger partial charge in [-0.3, -0.25) is 4.79 Å². The Morgan fingerprint density at radius 2 is 1.68 bits per heavy atom. The highest BCUT2D eigenvalue weighted by atomic mass is 19.1. The lowest BCUT2D eigenvalue weighted by Crippen LogP contribution is -2.48. The quantitative estimate of drug-likeness (QED) is 0.633. The number of likely N-dealkylation sites (tertiary alicyclic amines) is 1. The molecule has 180 valence electrons. The number of rotatable bonds is 6. The molecule has 34 heavy (non-hydrogen) atoms. The fourth-order valence-corrected chi connectivity index (χ4v) is 9.43. The minimum Gasteiger partial charge on any atom is -0.493 e. The van der Waals surface area contributed by atoms with Gasteiger partial charge in [-0.15, -0.1) is 0 Å². The van der Waals surface area contributed by atoms with Crippen LogP contribution in [0.1, 0.15) is 92.5 Å². The van der Waals surface area contributed by atoms with Crippen molar-refractivity contribution in [3.8, 4) is 5.75 Å². The molecule has 0 unspecified atom stereocenters. The Balaban J connectivity index is 1.08. The summed E-state index contributed by atoms with van der Waals surface area (Å²) in [4.78, 5) is 26.9. The summed E-state index contributed by atoms with van der Waals surface area (Å²) in [5.74, 6) is 1.44. The number of carboxylic acids is 1. The number of amides is 1. The van der Waals surface area contributed by atoms with E-state index in [4.69, 9.17) is 4.74 Å². The van der Waals surface area contributed by atoms with Crippen molar-refractivity contribution in [2.75, 3.05) is 6.61 Å². The Hall–Kier alpha value is -2.11. The average molecular weight is 466 g/mol. The van der Waals surface area contributed by atoms with Gasteiger partial charge >= 0.3 is 5.97 Å². The van der Waals surface area contributed by atoms with Crippen LogP contribution < -0.4 is 4.74 Å². The highest BCUT2D eigenvalue weighted by Crippen LogP contribution is 2.87. The minimum atomic E-state index is -0.975. The van der Waals surface area contributed by atoms with E-state index >= 15 is 4.39 Å². The van der Waals surface area contributed by atoms with Crippen molar-refractivity contribution in [1.82, 2.24) is 4.90 Å². The lowest BCUT2D eigenvalue weighted by Gasteiger charge is -2.56. The molecule has 1 N–H and O–H groups in total. The average Bonchev–Trinajstić information content (AvgIpc) is 3.70. The van der Waals surface area contributed by atoms with Crippen LogP contribution in [-0.2, 0) is 4.79 Å². The van der Waals surface area contributed by atoms with Crippen molar-refractivity contribution < 1.29 is 23.8 Å². The first-order valence-electron chi connectivity index (χ1n) is 13.3. The Morgan fingerprint density at radius 1 is 1.03 bits per heavy atom. The van der Waals surface area contributed by atoms with Crippen LogP contribution in [0.5, 0.6) is 5.75 Å². The van der Waals surface area contributed by atoms with E-state index < -0.39 is 23.7 Å². The van der Waals surface area contributed by atoms with Crippen molar-refractivity contribution in [2.24, 2.45) is 28.6 Å². The Bertz CT molecular complexity index is 1100. The van der Waals surface area contributed by atoms with Crippen LogP contribution in [-0.4, -0.2) is 40.1 Å². The van der Waals surface area contributed by atoms with Crippen molar-refractivity contribution in [2.45, 2.75) is 88.1 Å². The van der Waals surface area contributed by atoms with Gasteiger partial charge in [0.15, 0.2) is 0 Å². The second-order valence-electron chi connectivity index (χ2n) is 13.2. The Kier molecular flexibility index (Phi) is 3.65. The normalized spacial score (nSPS) is 44.6. The van der Waals surface area contributed by atoms with Gasteiger partial charge < -0.3 is 14.7 Å². The number of carboxylic acid groups (broad SMARTS) is 1. The molecular formula is C28H32FNO4. The zero-order valence-corrected chi connectivity index (χ0v) is 19.5. The number of hydrogen-bond acceptors (Lipinski definition) is 3. The van der Waals surface area contributed by atoms with Crippen LogP contribution in [0, 0.1) is 34.4 Å². The third kappa shape index (κ3) is 2.60. The molecule has 0 aromatic heterocycles. The third-order valence-corrected chi connectivity index (χ3v) is 10.9. The second-order valence-corrected chi connectivity index (χ2v) is 13.2. The van der Waals surface area contributed by atoms with E-state index in [-0.39, 0.29) is 21.9 Å². The van der Waals surface area contributed by atoms with Crippen LogP contribution in [0.15, 0.2) is 12.1 Å². The van der Waals surface area contributed by atoms with E-state index in [9.17, 15) is 14.7 Å². The van der Waals surface area contributed by atoms with Crippen LogP contribution in [0.2, 0.25) is 0 Å². The van der Waals surface area contributed by atoms with Gasteiger partial charge in [-0.05, 0) is 106 Å². The van der Waals surface area contributed by atoms with E-state index in [0.29, 0.717) is 24.7 Å². The molecule has 8 aliphatic rings. The predicted octanol–water partition coefficient (Wildman–Crippen LogP) is 5.13. The maximum absolute atomic E-state index is 15.4. The standard InChI is InChI=1S/C28H32FNO4/c29-21-7-23(34-14-26-8-15-3-16(9-26)5-17(4-15)10-26)19(18-1-2-18)6-20(21)24(31)30-22(25(32)33)11-27-12-28(27,30)13-27/h6-7,15-18,22H,1-5,8-14H2,(H,32,33)/t15?,16?,17?,22-,26?,27?,28?/m0/s1. The maximum atomic E-state index is 15.4. The molecule has 1 atom stereocenters. The van der Waals surface area contributed by atoms with Crippen LogP contribution in [0.25, 0.3) is 0 Å². The molecule has 1 aromatic carbocycles. The molecule has 1 saturated heterocycles. The number of nitrogens with zero attached hydrogens (tertiary/aromatic N) is 1. The molecule has 0 radical (unpaired) electrons. The molecule has 8 fully saturated rings. The van der Waals surface area contributed by atoms with E-state index in [1.807, 2.05) is 0 Å². The molecule has 0 spiro atoms. The molecule has 1 heterocycles. The molecule has 6 heteroatoms. The number of hydrogen-bond donors (Lipinski definition) is 1. The fraction of sp³-hybridized carbons (Fsp3) is 0.714. The largest absolute Gasteiger partial charge is 0.493 e. The highest BCUT2D eigenvalue weighted by Gasteiger charge is 2.91. The molecule has 1 amide bonds. The highest BCUT2D eigenvalue weighted by molar-refractivity contribution is 6.00. The summed E-state index contributed by atoms with van der Waals surface area (Å²) >= 11 is 0. The molecule has 1 aromatic rings. The van der Waals surface area contributed by atoms with Crippen LogP contribution in [0.3, 0.4) is 0 Å². The predicted molar refractivity (Wildman–Crippen MR) is 121 cm³/mol. The monoisotopic (exact) mass is 465 g/mol. The summed E-state index contributed by atoms with van der Waals surface area (Å²) in [6.07, 6.45) is 12.2. The minimum absolute atomic E-state index is 0.00241. The van der Waals surface area contributed by atoms with Gasteiger partial charge in [-0.1, -0.05) is 0 Å². The van der Waals surface area contributed by atoms with Gasteiger partial charge in [-0.2, -0.15) is 0 Å². The number of piperidine rings is 2. The van der Waals surface area contributed by atoms with Crippen molar-refractivity contribution in [3.05, 3.63) is 29.1 Å². The van der Waals surface area contributed by atoms with Crippen molar-refractivity contribution in [1.29, 1.82) is 0 Å². The molecule has 1 aliphatic heterocycles. The maximum Gasteiger partial charge on any atom is 0.326 e. The van der Waals surface area contributed by atoms with Crippen LogP contribution >= 0.6 is 0 Å². The SMILES string of the molecule is O=C(O)[C@@H]1CC23CC2(C3)N1C(=O)c1cc(C2CC2)c(OCC23CC4CC(CC(C4)C2)C3)cc1F.